The maximum atomic E-state index is 12.9. The number of rotatable bonds is 8. The van der Waals surface area contributed by atoms with Crippen LogP contribution in [0, 0.1) is 0 Å². The van der Waals surface area contributed by atoms with Gasteiger partial charge in [-0.25, -0.2) is 0 Å². The number of amides is 1. The molecule has 1 amide bonds. The fourth-order valence-electron chi connectivity index (χ4n) is 2.92. The molecule has 0 aliphatic carbocycles. The van der Waals surface area contributed by atoms with Crippen LogP contribution >= 0.6 is 0 Å². The number of phenols is 1. The number of aliphatic hydroxyl groups is 1. The van der Waals surface area contributed by atoms with Crippen molar-refractivity contribution < 1.29 is 15.0 Å². The third-order valence-electron chi connectivity index (χ3n) is 4.75. The maximum Gasteiger partial charge on any atom is 0.258 e. The topological polar surface area (TPSA) is 60.8 Å². The minimum absolute atomic E-state index is 0.109. The molecule has 0 heterocycles. The average Bonchev–Trinajstić information content (AvgIpc) is 2.65. The van der Waals surface area contributed by atoms with Gasteiger partial charge in [-0.05, 0) is 49.9 Å². The van der Waals surface area contributed by atoms with Crippen LogP contribution in [0.1, 0.15) is 49.9 Å². The van der Waals surface area contributed by atoms with E-state index < -0.39 is 5.60 Å². The smallest absolute Gasteiger partial charge is 0.258 e. The van der Waals surface area contributed by atoms with Crippen LogP contribution < -0.4 is 4.90 Å². The Bertz CT molecular complexity index is 681. The van der Waals surface area contributed by atoms with Gasteiger partial charge in [-0.15, -0.1) is 0 Å². The van der Waals surface area contributed by atoms with E-state index in [-0.39, 0.29) is 11.7 Å². The van der Waals surface area contributed by atoms with E-state index in [0.29, 0.717) is 43.5 Å². The van der Waals surface area contributed by atoms with Gasteiger partial charge in [0.2, 0.25) is 0 Å². The van der Waals surface area contributed by atoms with Crippen molar-refractivity contribution in [3.05, 3.63) is 60.2 Å². The first kappa shape index (κ1) is 19.0. The van der Waals surface area contributed by atoms with Gasteiger partial charge in [0.25, 0.3) is 5.91 Å². The first-order chi connectivity index (χ1) is 12.0. The fourth-order valence-corrected chi connectivity index (χ4v) is 2.92. The largest absolute Gasteiger partial charge is 0.508 e. The van der Waals surface area contributed by atoms with Crippen molar-refractivity contribution in [1.82, 2.24) is 0 Å². The molecule has 2 aromatic rings. The van der Waals surface area contributed by atoms with Crippen molar-refractivity contribution in [2.75, 3.05) is 11.4 Å². The van der Waals surface area contributed by atoms with E-state index in [9.17, 15) is 15.0 Å². The molecular weight excluding hydrogens is 314 g/mol. The second kappa shape index (κ2) is 8.67. The predicted octanol–water partition coefficient (Wildman–Crippen LogP) is 4.37. The predicted molar refractivity (Wildman–Crippen MR) is 101 cm³/mol. The molecule has 4 heteroatoms. The minimum atomic E-state index is -0.680. The van der Waals surface area contributed by atoms with Gasteiger partial charge in [0.15, 0.2) is 0 Å². The number of anilines is 1. The summed E-state index contributed by atoms with van der Waals surface area (Å²) in [6.45, 7) is 4.44. The number of phenolic OH excluding ortho intramolecular Hbond substituents is 1. The number of hydrogen-bond donors (Lipinski definition) is 2. The van der Waals surface area contributed by atoms with Crippen LogP contribution in [0.25, 0.3) is 0 Å². The van der Waals surface area contributed by atoms with Crippen molar-refractivity contribution in [3.63, 3.8) is 0 Å². The van der Waals surface area contributed by atoms with Crippen LogP contribution in [0.15, 0.2) is 54.6 Å². The van der Waals surface area contributed by atoms with Crippen LogP contribution in [0.5, 0.6) is 5.75 Å². The first-order valence-corrected chi connectivity index (χ1v) is 8.87. The van der Waals surface area contributed by atoms with E-state index >= 15 is 0 Å². The standard InChI is InChI=1S/C21H27NO3/c1-3-21(25,4-2)14-9-15-22(18-12-8-13-19(23)16-18)20(24)17-10-6-5-7-11-17/h5-8,10-13,16,23,25H,3-4,9,14-15H2,1-2H3. The highest BCUT2D eigenvalue weighted by Crippen LogP contribution is 2.25. The Hall–Kier alpha value is -2.33. The van der Waals surface area contributed by atoms with Crippen molar-refractivity contribution in [1.29, 1.82) is 0 Å². The van der Waals surface area contributed by atoms with E-state index in [4.69, 9.17) is 0 Å². The van der Waals surface area contributed by atoms with Crippen LogP contribution in [-0.2, 0) is 0 Å². The van der Waals surface area contributed by atoms with E-state index in [1.807, 2.05) is 38.1 Å². The van der Waals surface area contributed by atoms with Crippen molar-refractivity contribution in [3.8, 4) is 5.75 Å². The highest BCUT2D eigenvalue weighted by molar-refractivity contribution is 6.06. The summed E-state index contributed by atoms with van der Waals surface area (Å²) < 4.78 is 0. The Kier molecular flexibility index (Phi) is 6.59. The van der Waals surface area contributed by atoms with Crippen molar-refractivity contribution in [2.24, 2.45) is 0 Å². The molecule has 0 fully saturated rings. The SMILES string of the molecule is CCC(O)(CC)CCCN(C(=O)c1ccccc1)c1cccc(O)c1. The number of aromatic hydroxyl groups is 1. The molecule has 0 unspecified atom stereocenters. The van der Waals surface area contributed by atoms with Gasteiger partial charge < -0.3 is 15.1 Å². The van der Waals surface area contributed by atoms with Gasteiger partial charge in [0.1, 0.15) is 5.75 Å². The van der Waals surface area contributed by atoms with Gasteiger partial charge in [-0.3, -0.25) is 4.79 Å². The third kappa shape index (κ3) is 5.07. The molecule has 2 N–H and O–H groups in total. The maximum absolute atomic E-state index is 12.9. The molecule has 0 saturated carbocycles. The average molecular weight is 341 g/mol. The molecule has 134 valence electrons. The summed E-state index contributed by atoms with van der Waals surface area (Å²) >= 11 is 0. The number of carbonyl (C=O) groups is 1. The van der Waals surface area contributed by atoms with E-state index in [1.54, 1.807) is 35.2 Å². The summed E-state index contributed by atoms with van der Waals surface area (Å²) in [5.41, 5.74) is 0.581. The van der Waals surface area contributed by atoms with E-state index in [0.717, 1.165) is 0 Å². The van der Waals surface area contributed by atoms with Crippen LogP contribution in [0.3, 0.4) is 0 Å². The Balaban J connectivity index is 2.19. The molecule has 4 nitrogen and oxygen atoms in total. The van der Waals surface area contributed by atoms with Gasteiger partial charge in [0.05, 0.1) is 5.60 Å². The highest BCUT2D eigenvalue weighted by atomic mass is 16.3. The lowest BCUT2D eigenvalue weighted by Gasteiger charge is -2.28. The zero-order valence-corrected chi connectivity index (χ0v) is 15.0. The number of carbonyl (C=O) groups excluding carboxylic acids is 1. The Morgan fingerprint density at radius 3 is 2.32 bits per heavy atom. The molecule has 0 radical (unpaired) electrons. The lowest BCUT2D eigenvalue weighted by Crippen LogP contribution is -2.34. The zero-order chi connectivity index (χ0) is 18.3. The molecular formula is C21H27NO3. The van der Waals surface area contributed by atoms with Crippen molar-refractivity contribution in [2.45, 2.75) is 45.1 Å². The lowest BCUT2D eigenvalue weighted by molar-refractivity contribution is 0.0222. The Morgan fingerprint density at radius 2 is 1.72 bits per heavy atom. The summed E-state index contributed by atoms with van der Waals surface area (Å²) in [7, 11) is 0. The first-order valence-electron chi connectivity index (χ1n) is 8.87. The summed E-state index contributed by atoms with van der Waals surface area (Å²) in [4.78, 5) is 14.6. The van der Waals surface area contributed by atoms with Crippen LogP contribution in [0.4, 0.5) is 5.69 Å². The van der Waals surface area contributed by atoms with Gasteiger partial charge >= 0.3 is 0 Å². The van der Waals surface area contributed by atoms with E-state index in [2.05, 4.69) is 0 Å². The minimum Gasteiger partial charge on any atom is -0.508 e. The molecule has 0 saturated heterocycles. The number of hydrogen-bond acceptors (Lipinski definition) is 3. The summed E-state index contributed by atoms with van der Waals surface area (Å²) in [6, 6.07) is 15.8. The van der Waals surface area contributed by atoms with E-state index in [1.165, 1.54) is 0 Å². The zero-order valence-electron chi connectivity index (χ0n) is 15.0. The molecule has 2 aromatic carbocycles. The normalized spacial score (nSPS) is 11.3. The quantitative estimate of drug-likeness (QED) is 0.749. The summed E-state index contributed by atoms with van der Waals surface area (Å²) in [5.74, 6) is 0.0183. The van der Waals surface area contributed by atoms with Gasteiger partial charge in [0, 0.05) is 23.9 Å². The Morgan fingerprint density at radius 1 is 1.04 bits per heavy atom. The second-order valence-corrected chi connectivity index (χ2v) is 6.38. The van der Waals surface area contributed by atoms with Gasteiger partial charge in [-0.1, -0.05) is 38.1 Å². The third-order valence-corrected chi connectivity index (χ3v) is 4.75. The molecule has 0 aliphatic heterocycles. The van der Waals surface area contributed by atoms with Crippen LogP contribution in [0.2, 0.25) is 0 Å². The molecule has 0 atom stereocenters. The molecule has 25 heavy (non-hydrogen) atoms. The summed E-state index contributed by atoms with van der Waals surface area (Å²) in [5, 5.41) is 20.2. The van der Waals surface area contributed by atoms with Crippen molar-refractivity contribution >= 4 is 11.6 Å². The van der Waals surface area contributed by atoms with Gasteiger partial charge in [-0.2, -0.15) is 0 Å². The van der Waals surface area contributed by atoms with Crippen LogP contribution in [-0.4, -0.2) is 28.3 Å². The molecule has 2 rings (SSSR count). The lowest BCUT2D eigenvalue weighted by atomic mass is 9.92. The summed E-state index contributed by atoms with van der Waals surface area (Å²) in [6.07, 6.45) is 2.72. The fraction of sp³-hybridized carbons (Fsp3) is 0.381. The highest BCUT2D eigenvalue weighted by Gasteiger charge is 2.23. The second-order valence-electron chi connectivity index (χ2n) is 6.38. The number of benzene rings is 2. The molecule has 0 spiro atoms. The molecule has 0 aromatic heterocycles. The Labute approximate surface area is 149 Å². The monoisotopic (exact) mass is 341 g/mol. The molecule has 0 bridgehead atoms. The number of nitrogens with zero attached hydrogens (tertiary/aromatic N) is 1. The molecule has 0 aliphatic rings.